The van der Waals surface area contributed by atoms with Crippen molar-refractivity contribution in [2.75, 3.05) is 0 Å². The Morgan fingerprint density at radius 3 is 0.585 bits per heavy atom. The molecule has 0 aliphatic carbocycles. The summed E-state index contributed by atoms with van der Waals surface area (Å²) in [6, 6.07) is 0. The fraction of sp³-hybridized carbons (Fsp3) is 1.00. The van der Waals surface area contributed by atoms with E-state index < -0.39 is 77.6 Å². The molecular formula is C14H6BrF25Si. The Bertz CT molecular complexity index is 892. The quantitative estimate of drug-likeness (QED) is 0.112. The Balaban J connectivity index is 7.41. The molecule has 41 heavy (non-hydrogen) atoms. The molecule has 0 nitrogen and oxygen atoms in total. The van der Waals surface area contributed by atoms with Gasteiger partial charge in [-0.05, 0) is 0 Å². The van der Waals surface area contributed by atoms with E-state index in [1.165, 1.54) is 0 Å². The lowest BCUT2D eigenvalue weighted by molar-refractivity contribution is -0.480. The minimum atomic E-state index is -9.57. The summed E-state index contributed by atoms with van der Waals surface area (Å²) in [6.45, 7) is -5.93. The standard InChI is InChI=1S/C14H6BrF25Si/c1-41(2,15)14(39,40)12(34,35)10(30,31)8(26,27)6(22,23)4(18,19)3(16,17)5(20,21)7(24,25)9(28,29)11(32,33)13(36,37)38/h1-2H3. The van der Waals surface area contributed by atoms with Crippen molar-refractivity contribution in [2.24, 2.45) is 0 Å². The third kappa shape index (κ3) is 4.65. The summed E-state index contributed by atoms with van der Waals surface area (Å²) in [5.41, 5.74) is -6.69. The lowest BCUT2D eigenvalue weighted by Gasteiger charge is -2.46. The fourth-order valence-electron chi connectivity index (χ4n) is 2.33. The number of hydrogen-bond acceptors (Lipinski definition) is 0. The molecule has 0 fully saturated rings. The van der Waals surface area contributed by atoms with Gasteiger partial charge in [0.25, 0.3) is 0 Å². The minimum absolute atomic E-state index is 0.171. The fourth-order valence-corrected chi connectivity index (χ4v) is 3.98. The van der Waals surface area contributed by atoms with Crippen molar-refractivity contribution in [3.05, 3.63) is 0 Å². The summed E-state index contributed by atoms with van der Waals surface area (Å²) in [7, 11) is 0. The van der Waals surface area contributed by atoms with Gasteiger partial charge in [-0.15, -0.1) is 15.3 Å². The second-order valence-electron chi connectivity index (χ2n) is 8.29. The maximum atomic E-state index is 13.7. The van der Waals surface area contributed by atoms with E-state index in [9.17, 15) is 110 Å². The smallest absolute Gasteiger partial charge is 0.204 e. The van der Waals surface area contributed by atoms with Crippen LogP contribution in [0.25, 0.3) is 0 Å². The van der Waals surface area contributed by atoms with Crippen LogP contribution in [0.5, 0.6) is 0 Å². The monoisotopic (exact) mass is 756 g/mol. The summed E-state index contributed by atoms with van der Waals surface area (Å²) in [5.74, 6) is -91.1. The Hall–Kier alpha value is -1.05. The molecule has 0 aromatic rings. The van der Waals surface area contributed by atoms with Crippen LogP contribution in [0.2, 0.25) is 13.1 Å². The zero-order valence-electron chi connectivity index (χ0n) is 18.3. The van der Waals surface area contributed by atoms with Crippen molar-refractivity contribution < 1.29 is 110 Å². The molecule has 0 aliphatic rings. The summed E-state index contributed by atoms with van der Waals surface area (Å²) in [6.07, 6.45) is -8.16. The largest absolute Gasteiger partial charge is 0.460 e. The summed E-state index contributed by atoms with van der Waals surface area (Å²) >= 11 is 1.59. The first kappa shape index (κ1) is 39.9. The topological polar surface area (TPSA) is 0 Å². The molecule has 0 heterocycles. The average Bonchev–Trinajstić information content (AvgIpc) is 2.70. The highest BCUT2D eigenvalue weighted by Crippen LogP contribution is 2.68. The van der Waals surface area contributed by atoms with Crippen molar-refractivity contribution in [1.82, 2.24) is 0 Å². The van der Waals surface area contributed by atoms with Crippen LogP contribution in [0.4, 0.5) is 110 Å². The van der Waals surface area contributed by atoms with Crippen LogP contribution in [0.1, 0.15) is 0 Å². The van der Waals surface area contributed by atoms with Gasteiger partial charge in [0.15, 0.2) is 0 Å². The van der Waals surface area contributed by atoms with Crippen molar-refractivity contribution in [1.29, 1.82) is 0 Å². The average molecular weight is 757 g/mol. The van der Waals surface area contributed by atoms with Crippen molar-refractivity contribution >= 4 is 22.0 Å². The molecule has 0 saturated carbocycles. The molecule has 0 aromatic carbocycles. The molecule has 0 amide bonds. The van der Waals surface area contributed by atoms with Gasteiger partial charge in [0.2, 0.25) is 6.69 Å². The van der Waals surface area contributed by atoms with E-state index in [0.717, 1.165) is 0 Å². The zero-order valence-corrected chi connectivity index (χ0v) is 20.9. The first-order valence-corrected chi connectivity index (χ1v) is 14.2. The first-order valence-electron chi connectivity index (χ1n) is 8.91. The van der Waals surface area contributed by atoms with E-state index in [0.29, 0.717) is 0 Å². The molecule has 27 heteroatoms. The SMILES string of the molecule is C[Si](C)(Br)C(F)(F)C(F)(F)C(F)(F)C(F)(F)C(F)(F)C(F)(F)C(F)(F)C(F)(F)C(F)(F)C(F)(F)C(F)(F)C(F)(F)F. The van der Waals surface area contributed by atoms with Crippen LogP contribution in [-0.2, 0) is 0 Å². The number of hydrogen-bond donors (Lipinski definition) is 0. The molecule has 0 saturated heterocycles. The molecule has 0 rings (SSSR count). The Labute approximate surface area is 216 Å². The number of halogens is 26. The van der Waals surface area contributed by atoms with Gasteiger partial charge >= 0.3 is 70.9 Å². The van der Waals surface area contributed by atoms with Crippen LogP contribution < -0.4 is 0 Å². The second kappa shape index (κ2) is 9.47. The highest BCUT2D eigenvalue weighted by Gasteiger charge is 2.99. The first-order chi connectivity index (χ1) is 17.0. The summed E-state index contributed by atoms with van der Waals surface area (Å²) in [5, 5.41) is 0. The molecule has 0 unspecified atom stereocenters. The van der Waals surface area contributed by atoms with E-state index in [2.05, 4.69) is 0 Å². The third-order valence-electron chi connectivity index (χ3n) is 5.05. The van der Waals surface area contributed by atoms with Crippen LogP contribution in [0, 0.1) is 0 Å². The van der Waals surface area contributed by atoms with Gasteiger partial charge in [-0.25, -0.2) is 8.78 Å². The van der Waals surface area contributed by atoms with Gasteiger partial charge in [0, 0.05) is 0 Å². The van der Waals surface area contributed by atoms with Gasteiger partial charge < -0.3 is 0 Å². The zero-order chi connectivity index (χ0) is 34.5. The van der Waals surface area contributed by atoms with Crippen molar-refractivity contribution in [2.45, 2.75) is 84.0 Å². The maximum Gasteiger partial charge on any atom is 0.460 e. The molecule has 0 spiro atoms. The van der Waals surface area contributed by atoms with E-state index in [1.807, 2.05) is 0 Å². The summed E-state index contributed by atoms with van der Waals surface area (Å²) in [4.78, 5) is 0. The molecule has 0 aromatic heterocycles. The Morgan fingerprint density at radius 2 is 0.439 bits per heavy atom. The molecule has 248 valence electrons. The van der Waals surface area contributed by atoms with Crippen LogP contribution in [0.3, 0.4) is 0 Å². The van der Waals surface area contributed by atoms with E-state index >= 15 is 0 Å². The van der Waals surface area contributed by atoms with Gasteiger partial charge in [-0.2, -0.15) is 101 Å². The van der Waals surface area contributed by atoms with Crippen molar-refractivity contribution in [3.8, 4) is 0 Å². The lowest BCUT2D eigenvalue weighted by atomic mass is 9.85. The molecule has 0 atom stereocenters. The highest BCUT2D eigenvalue weighted by molar-refractivity contribution is 9.26. The van der Waals surface area contributed by atoms with Gasteiger partial charge in [-0.1, -0.05) is 13.1 Å². The molecular weight excluding hydrogens is 751 g/mol. The van der Waals surface area contributed by atoms with Gasteiger partial charge in [-0.3, -0.25) is 0 Å². The molecule has 0 radical (unpaired) electrons. The predicted molar refractivity (Wildman–Crippen MR) is 86.9 cm³/mol. The van der Waals surface area contributed by atoms with Crippen LogP contribution in [-0.4, -0.2) is 77.6 Å². The van der Waals surface area contributed by atoms with E-state index in [1.54, 1.807) is 15.3 Å². The normalized spacial score (nSPS) is 17.3. The molecule has 0 bridgehead atoms. The molecule has 0 N–H and O–H groups in total. The minimum Gasteiger partial charge on any atom is -0.204 e. The lowest BCUT2D eigenvalue weighted by Crippen LogP contribution is -2.79. The number of rotatable bonds is 11. The van der Waals surface area contributed by atoms with E-state index in [-0.39, 0.29) is 13.1 Å². The van der Waals surface area contributed by atoms with E-state index in [4.69, 9.17) is 0 Å². The van der Waals surface area contributed by atoms with Gasteiger partial charge in [0.1, 0.15) is 0 Å². The molecule has 0 aliphatic heterocycles. The van der Waals surface area contributed by atoms with Crippen molar-refractivity contribution in [3.63, 3.8) is 0 Å². The van der Waals surface area contributed by atoms with Gasteiger partial charge in [0.05, 0.1) is 0 Å². The predicted octanol–water partition coefficient (Wildman–Crippen LogP) is 9.68. The second-order valence-corrected chi connectivity index (χ2v) is 17.8. The van der Waals surface area contributed by atoms with Crippen LogP contribution >= 0.6 is 15.3 Å². The van der Waals surface area contributed by atoms with Crippen LogP contribution in [0.15, 0.2) is 0 Å². The Kier molecular flexibility index (Phi) is 9.23. The third-order valence-corrected chi connectivity index (χ3v) is 8.35. The Morgan fingerprint density at radius 1 is 0.293 bits per heavy atom. The summed E-state index contributed by atoms with van der Waals surface area (Å²) < 4.78 is 333. The maximum absolute atomic E-state index is 13.7. The number of alkyl halides is 25. The highest BCUT2D eigenvalue weighted by atomic mass is 79.9.